The molecule has 7 aromatic carbocycles. The van der Waals surface area contributed by atoms with Crippen LogP contribution in [0.1, 0.15) is 0 Å². The van der Waals surface area contributed by atoms with Gasteiger partial charge in [-0.2, -0.15) is 0 Å². The lowest BCUT2D eigenvalue weighted by atomic mass is 9.89. The first kappa shape index (κ1) is 27.9. The van der Waals surface area contributed by atoms with Crippen molar-refractivity contribution in [2.24, 2.45) is 0 Å². The van der Waals surface area contributed by atoms with Gasteiger partial charge in [0.05, 0.1) is 16.9 Å². The zero-order valence-electron chi connectivity index (χ0n) is 26.2. The first-order valence-corrected chi connectivity index (χ1v) is 16.3. The number of pyridine rings is 2. The molecule has 0 aliphatic heterocycles. The Morgan fingerprint density at radius 1 is 0.312 bits per heavy atom. The molecule has 0 amide bonds. The van der Waals surface area contributed by atoms with Crippen LogP contribution < -0.4 is 0 Å². The summed E-state index contributed by atoms with van der Waals surface area (Å²) in [6.07, 6.45) is 1.88. The van der Waals surface area contributed by atoms with Crippen LogP contribution in [0.2, 0.25) is 0 Å². The van der Waals surface area contributed by atoms with Gasteiger partial charge < -0.3 is 0 Å². The van der Waals surface area contributed by atoms with E-state index in [4.69, 9.17) is 9.97 Å². The normalized spacial score (nSPS) is 11.3. The average Bonchev–Trinajstić information content (AvgIpc) is 3.17. The predicted octanol–water partition coefficient (Wildman–Crippen LogP) is 12.3. The summed E-state index contributed by atoms with van der Waals surface area (Å²) in [7, 11) is 0. The van der Waals surface area contributed by atoms with Gasteiger partial charge in [0.15, 0.2) is 0 Å². The Hall–Kier alpha value is -6.38. The molecule has 2 aromatic heterocycles. The van der Waals surface area contributed by atoms with E-state index in [9.17, 15) is 0 Å². The van der Waals surface area contributed by atoms with Gasteiger partial charge >= 0.3 is 0 Å². The topological polar surface area (TPSA) is 25.8 Å². The highest BCUT2D eigenvalue weighted by atomic mass is 14.7. The fourth-order valence-electron chi connectivity index (χ4n) is 6.95. The number of aromatic nitrogens is 2. The van der Waals surface area contributed by atoms with Crippen molar-refractivity contribution in [1.82, 2.24) is 9.97 Å². The molecule has 0 radical (unpaired) electrons. The van der Waals surface area contributed by atoms with Crippen molar-refractivity contribution in [3.8, 4) is 55.9 Å². The number of hydrogen-bond acceptors (Lipinski definition) is 2. The third-order valence-electron chi connectivity index (χ3n) is 9.25. The van der Waals surface area contributed by atoms with Crippen LogP contribution in [0.4, 0.5) is 0 Å². The summed E-state index contributed by atoms with van der Waals surface area (Å²) in [4.78, 5) is 10.2. The van der Waals surface area contributed by atoms with E-state index in [0.717, 1.165) is 61.2 Å². The molecule has 0 aliphatic carbocycles. The lowest BCUT2D eigenvalue weighted by Crippen LogP contribution is -1.94. The summed E-state index contributed by atoms with van der Waals surface area (Å²) in [6, 6.07) is 62.7. The van der Waals surface area contributed by atoms with Gasteiger partial charge in [-0.1, -0.05) is 133 Å². The number of nitrogens with zero attached hydrogens (tertiary/aromatic N) is 2. The van der Waals surface area contributed by atoms with Crippen molar-refractivity contribution in [3.63, 3.8) is 0 Å². The molecule has 2 heteroatoms. The summed E-state index contributed by atoms with van der Waals surface area (Å²) in [5, 5.41) is 6.08. The summed E-state index contributed by atoms with van der Waals surface area (Å²) in [5.41, 5.74) is 11.9. The van der Waals surface area contributed by atoms with Crippen molar-refractivity contribution in [1.29, 1.82) is 0 Å². The third kappa shape index (κ3) is 5.01. The Morgan fingerprint density at radius 3 is 1.69 bits per heavy atom. The molecule has 9 rings (SSSR count). The van der Waals surface area contributed by atoms with Gasteiger partial charge in [-0.25, -0.2) is 4.98 Å². The second-order valence-corrected chi connectivity index (χ2v) is 12.2. The van der Waals surface area contributed by atoms with Gasteiger partial charge in [0.1, 0.15) is 0 Å². The minimum absolute atomic E-state index is 0.927. The quantitative estimate of drug-likeness (QED) is 0.181. The molecule has 0 N–H and O–H groups in total. The van der Waals surface area contributed by atoms with Gasteiger partial charge in [0.2, 0.25) is 0 Å². The first-order chi connectivity index (χ1) is 23.8. The Labute approximate surface area is 279 Å². The van der Waals surface area contributed by atoms with Crippen molar-refractivity contribution in [3.05, 3.63) is 182 Å². The molecule has 2 heterocycles. The Morgan fingerprint density at radius 2 is 0.896 bits per heavy atom. The summed E-state index contributed by atoms with van der Waals surface area (Å²) < 4.78 is 0. The molecule has 48 heavy (non-hydrogen) atoms. The van der Waals surface area contributed by atoms with E-state index in [0.29, 0.717) is 0 Å². The van der Waals surface area contributed by atoms with E-state index in [1.807, 2.05) is 18.3 Å². The van der Waals surface area contributed by atoms with Crippen molar-refractivity contribution < 1.29 is 0 Å². The van der Waals surface area contributed by atoms with Gasteiger partial charge in [0.25, 0.3) is 0 Å². The SMILES string of the molecule is c1ccc(-c2cc(-c3ccccc3)nc(-c3cc(-c4cc5ccccc5c5ccccc45)cc(-c4cccc5cccnc45)c3)c2)cc1. The molecule has 0 saturated carbocycles. The fourth-order valence-corrected chi connectivity index (χ4v) is 6.95. The minimum atomic E-state index is 0.927. The minimum Gasteiger partial charge on any atom is -0.256 e. The molecule has 9 aromatic rings. The number of hydrogen-bond donors (Lipinski definition) is 0. The first-order valence-electron chi connectivity index (χ1n) is 16.3. The van der Waals surface area contributed by atoms with E-state index in [1.165, 1.54) is 27.1 Å². The molecule has 0 saturated heterocycles. The van der Waals surface area contributed by atoms with E-state index in [2.05, 4.69) is 164 Å². The molecule has 224 valence electrons. The molecular weight excluding hydrogens is 581 g/mol. The smallest absolute Gasteiger partial charge is 0.0780 e. The van der Waals surface area contributed by atoms with Crippen LogP contribution in [-0.2, 0) is 0 Å². The van der Waals surface area contributed by atoms with Crippen LogP contribution in [0.3, 0.4) is 0 Å². The monoisotopic (exact) mass is 610 g/mol. The van der Waals surface area contributed by atoms with E-state index >= 15 is 0 Å². The zero-order valence-corrected chi connectivity index (χ0v) is 26.2. The van der Waals surface area contributed by atoms with E-state index in [-0.39, 0.29) is 0 Å². The van der Waals surface area contributed by atoms with Gasteiger partial charge in [-0.05, 0) is 91.8 Å². The Balaban J connectivity index is 1.35. The number of fused-ring (bicyclic) bond motifs is 4. The highest BCUT2D eigenvalue weighted by molar-refractivity contribution is 6.14. The standard InChI is InChI=1S/C46H30N2/c1-3-13-31(14-4-1)35-29-44(32-15-5-2-6-16-32)48-45(30-35)38-26-36(40-23-11-18-33-19-12-24-47-46(33)40)25-37(27-38)43-28-34-17-7-8-20-39(34)41-21-9-10-22-42(41)43/h1-30H. The predicted molar refractivity (Wildman–Crippen MR) is 202 cm³/mol. The van der Waals surface area contributed by atoms with Gasteiger partial charge in [-0.15, -0.1) is 0 Å². The molecule has 0 fully saturated rings. The number of rotatable bonds is 5. The van der Waals surface area contributed by atoms with Gasteiger partial charge in [-0.3, -0.25) is 4.98 Å². The summed E-state index contributed by atoms with van der Waals surface area (Å²) in [6.45, 7) is 0. The molecule has 0 bridgehead atoms. The number of para-hydroxylation sites is 1. The van der Waals surface area contributed by atoms with E-state index < -0.39 is 0 Å². The Bertz CT molecular complexity index is 2540. The second-order valence-electron chi connectivity index (χ2n) is 12.2. The summed E-state index contributed by atoms with van der Waals surface area (Å²) >= 11 is 0. The average molecular weight is 611 g/mol. The molecule has 0 aliphatic rings. The molecule has 0 unspecified atom stereocenters. The number of benzene rings is 7. The second kappa shape index (κ2) is 11.8. The van der Waals surface area contributed by atoms with Crippen LogP contribution in [0.15, 0.2) is 182 Å². The van der Waals surface area contributed by atoms with Crippen LogP contribution in [0.25, 0.3) is 88.3 Å². The maximum Gasteiger partial charge on any atom is 0.0780 e. The fraction of sp³-hybridized carbons (Fsp3) is 0. The lowest BCUT2D eigenvalue weighted by Gasteiger charge is -2.16. The van der Waals surface area contributed by atoms with Crippen molar-refractivity contribution >= 4 is 32.4 Å². The van der Waals surface area contributed by atoms with Crippen molar-refractivity contribution in [2.45, 2.75) is 0 Å². The van der Waals surface area contributed by atoms with Crippen LogP contribution in [0.5, 0.6) is 0 Å². The lowest BCUT2D eigenvalue weighted by molar-refractivity contribution is 1.32. The van der Waals surface area contributed by atoms with Crippen molar-refractivity contribution in [2.75, 3.05) is 0 Å². The molecular formula is C46H30N2. The maximum absolute atomic E-state index is 5.33. The molecule has 0 atom stereocenters. The van der Waals surface area contributed by atoms with Crippen LogP contribution in [-0.4, -0.2) is 9.97 Å². The van der Waals surface area contributed by atoms with Crippen LogP contribution >= 0.6 is 0 Å². The maximum atomic E-state index is 5.33. The Kier molecular flexibility index (Phi) is 6.84. The van der Waals surface area contributed by atoms with E-state index in [1.54, 1.807) is 0 Å². The highest BCUT2D eigenvalue weighted by Crippen LogP contribution is 2.40. The highest BCUT2D eigenvalue weighted by Gasteiger charge is 2.16. The largest absolute Gasteiger partial charge is 0.256 e. The zero-order chi connectivity index (χ0) is 31.9. The van der Waals surface area contributed by atoms with Gasteiger partial charge in [0, 0.05) is 28.3 Å². The summed E-state index contributed by atoms with van der Waals surface area (Å²) in [5.74, 6) is 0. The van der Waals surface area contributed by atoms with Crippen LogP contribution in [0, 0.1) is 0 Å². The molecule has 0 spiro atoms. The molecule has 2 nitrogen and oxygen atoms in total. The third-order valence-corrected chi connectivity index (χ3v) is 9.25.